The fourth-order valence-electron chi connectivity index (χ4n) is 5.03. The van der Waals surface area contributed by atoms with Crippen LogP contribution in [0.1, 0.15) is 54.5 Å². The maximum absolute atomic E-state index is 12.6. The number of nitriles is 1. The molecule has 1 aliphatic heterocycles. The number of allylic oxidation sites excluding steroid dienone is 1. The molecule has 0 aromatic heterocycles. The average Bonchev–Trinajstić information content (AvgIpc) is 3.02. The van der Waals surface area contributed by atoms with Crippen LogP contribution in [0.3, 0.4) is 0 Å². The van der Waals surface area contributed by atoms with Crippen LogP contribution in [-0.2, 0) is 16.8 Å². The Morgan fingerprint density at radius 2 is 1.76 bits per heavy atom. The fourth-order valence-corrected chi connectivity index (χ4v) is 5.49. The van der Waals surface area contributed by atoms with Gasteiger partial charge in [0.1, 0.15) is 29.7 Å². The molecule has 1 aliphatic rings. The third kappa shape index (κ3) is 7.31. The van der Waals surface area contributed by atoms with Crippen LogP contribution < -0.4 is 24.7 Å². The van der Waals surface area contributed by atoms with Gasteiger partial charge in [-0.25, -0.2) is 4.79 Å². The average molecular weight is 656 g/mol. The van der Waals surface area contributed by atoms with E-state index in [-0.39, 0.29) is 29.2 Å². The van der Waals surface area contributed by atoms with E-state index in [1.54, 1.807) is 54.6 Å². The summed E-state index contributed by atoms with van der Waals surface area (Å²) < 4.78 is 23.0. The Hall–Kier alpha value is -4.90. The molecule has 234 valence electrons. The molecule has 0 saturated heterocycles. The van der Waals surface area contributed by atoms with Gasteiger partial charge in [-0.3, -0.25) is 0 Å². The summed E-state index contributed by atoms with van der Waals surface area (Å²) in [6.07, 6.45) is 3.07. The summed E-state index contributed by atoms with van der Waals surface area (Å²) >= 11 is 12.3. The highest BCUT2D eigenvalue weighted by Gasteiger charge is 2.32. The second-order valence-corrected chi connectivity index (χ2v) is 12.5. The Balaban J connectivity index is 1.35. The predicted octanol–water partition coefficient (Wildman–Crippen LogP) is 8.72. The number of nitrogens with two attached hydrogens (primary N) is 1. The van der Waals surface area contributed by atoms with E-state index < -0.39 is 11.9 Å². The van der Waals surface area contributed by atoms with Gasteiger partial charge in [0.2, 0.25) is 5.88 Å². The minimum absolute atomic E-state index is 0.0406. The Kier molecular flexibility index (Phi) is 9.62. The molecule has 0 spiro atoms. The van der Waals surface area contributed by atoms with E-state index in [1.165, 1.54) is 18.7 Å². The van der Waals surface area contributed by atoms with Crippen molar-refractivity contribution in [2.45, 2.75) is 38.7 Å². The van der Waals surface area contributed by atoms with Gasteiger partial charge in [-0.15, -0.1) is 0 Å². The van der Waals surface area contributed by atoms with Crippen LogP contribution in [0.4, 0.5) is 0 Å². The number of benzene rings is 4. The highest BCUT2D eigenvalue weighted by Crippen LogP contribution is 2.45. The first-order valence-electron chi connectivity index (χ1n) is 14.4. The number of carbonyl (C=O) groups excluding carboxylic acids is 1. The van der Waals surface area contributed by atoms with E-state index in [2.05, 4.69) is 26.8 Å². The third-order valence-corrected chi connectivity index (χ3v) is 8.10. The molecule has 46 heavy (non-hydrogen) atoms. The van der Waals surface area contributed by atoms with E-state index in [0.717, 1.165) is 16.7 Å². The standard InChI is InChI=1S/C37H32Cl2N2O5/c1-37(2,3)25-10-5-22(6-11-25)7-16-34(42)45-27-13-14-28-32(19-27)46-36(41)29(20-40)35(28)23-9-15-31(33(17-23)43-4)44-21-24-8-12-26(38)18-30(24)39/h5-19,35H,21,41H2,1-4H3/b16-7+. The Morgan fingerprint density at radius 1 is 1.00 bits per heavy atom. The van der Waals surface area contributed by atoms with Crippen molar-refractivity contribution >= 4 is 35.2 Å². The first-order valence-corrected chi connectivity index (χ1v) is 15.2. The van der Waals surface area contributed by atoms with E-state index in [4.69, 9.17) is 47.9 Å². The van der Waals surface area contributed by atoms with E-state index in [1.807, 2.05) is 30.3 Å². The number of halogens is 2. The van der Waals surface area contributed by atoms with E-state index in [9.17, 15) is 10.1 Å². The summed E-state index contributed by atoms with van der Waals surface area (Å²) in [4.78, 5) is 12.6. The van der Waals surface area contributed by atoms with Gasteiger partial charge in [0, 0.05) is 33.3 Å². The third-order valence-electron chi connectivity index (χ3n) is 7.52. The molecular weight excluding hydrogens is 623 g/mol. The topological polar surface area (TPSA) is 104 Å². The maximum Gasteiger partial charge on any atom is 0.336 e. The molecule has 0 saturated carbocycles. The van der Waals surface area contributed by atoms with Crippen LogP contribution in [0.25, 0.3) is 6.08 Å². The zero-order chi connectivity index (χ0) is 33.0. The lowest BCUT2D eigenvalue weighted by molar-refractivity contribution is -0.128. The molecule has 5 rings (SSSR count). The quantitative estimate of drug-likeness (QED) is 0.115. The molecular formula is C37H32Cl2N2O5. The molecule has 0 fully saturated rings. The zero-order valence-corrected chi connectivity index (χ0v) is 27.3. The van der Waals surface area contributed by atoms with E-state index in [0.29, 0.717) is 32.9 Å². The van der Waals surface area contributed by atoms with Crippen LogP contribution in [0.5, 0.6) is 23.0 Å². The van der Waals surface area contributed by atoms with Crippen LogP contribution >= 0.6 is 23.2 Å². The summed E-state index contributed by atoms with van der Waals surface area (Å²) in [5.41, 5.74) is 10.7. The summed E-state index contributed by atoms with van der Waals surface area (Å²) in [6.45, 7) is 6.64. The molecule has 1 heterocycles. The van der Waals surface area contributed by atoms with Gasteiger partial charge in [0.25, 0.3) is 0 Å². The molecule has 4 aromatic carbocycles. The van der Waals surface area contributed by atoms with E-state index >= 15 is 0 Å². The van der Waals surface area contributed by atoms with Crippen LogP contribution in [0, 0.1) is 11.3 Å². The lowest BCUT2D eigenvalue weighted by Gasteiger charge is -2.27. The van der Waals surface area contributed by atoms with Gasteiger partial charge in [-0.2, -0.15) is 5.26 Å². The van der Waals surface area contributed by atoms with Crippen molar-refractivity contribution in [2.24, 2.45) is 5.73 Å². The first kappa shape index (κ1) is 32.5. The van der Waals surface area contributed by atoms with Crippen molar-refractivity contribution in [3.05, 3.63) is 134 Å². The second kappa shape index (κ2) is 13.6. The van der Waals surface area contributed by atoms with Crippen LogP contribution in [0.2, 0.25) is 10.0 Å². The summed E-state index contributed by atoms with van der Waals surface area (Å²) in [5, 5.41) is 11.0. The van der Waals surface area contributed by atoms with Gasteiger partial charge >= 0.3 is 5.97 Å². The molecule has 0 aliphatic carbocycles. The number of hydrogen-bond donors (Lipinski definition) is 1. The van der Waals surface area contributed by atoms with Gasteiger partial charge in [0.05, 0.1) is 13.0 Å². The van der Waals surface area contributed by atoms with Gasteiger partial charge in [-0.1, -0.05) is 86.4 Å². The number of fused-ring (bicyclic) bond motifs is 1. The first-order chi connectivity index (χ1) is 22.0. The monoisotopic (exact) mass is 654 g/mol. The van der Waals surface area contributed by atoms with Crippen molar-refractivity contribution in [1.82, 2.24) is 0 Å². The SMILES string of the molecule is COc1cc(C2C(C#N)=C(N)Oc3cc(OC(=O)/C=C/c4ccc(C(C)(C)C)cc4)ccc32)ccc1OCc1ccc(Cl)cc1Cl. The highest BCUT2D eigenvalue weighted by atomic mass is 35.5. The minimum Gasteiger partial charge on any atom is -0.493 e. The van der Waals surface area contributed by atoms with Crippen LogP contribution in [-0.4, -0.2) is 13.1 Å². The molecule has 9 heteroatoms. The molecule has 0 amide bonds. The number of rotatable bonds is 8. The van der Waals surface area contributed by atoms with Crippen molar-refractivity contribution in [3.8, 4) is 29.1 Å². The zero-order valence-electron chi connectivity index (χ0n) is 25.8. The fraction of sp³-hybridized carbons (Fsp3) is 0.189. The number of nitrogens with zero attached hydrogens (tertiary/aromatic N) is 1. The normalized spacial score (nSPS) is 14.3. The number of hydrogen-bond acceptors (Lipinski definition) is 7. The summed E-state index contributed by atoms with van der Waals surface area (Å²) in [6, 6.07) is 25.7. The van der Waals surface area contributed by atoms with Crippen molar-refractivity contribution in [2.75, 3.05) is 7.11 Å². The number of ether oxygens (including phenoxy) is 4. The minimum atomic E-state index is -0.567. The van der Waals surface area contributed by atoms with Crippen LogP contribution in [0.15, 0.2) is 96.4 Å². The molecule has 0 bridgehead atoms. The second-order valence-electron chi connectivity index (χ2n) is 11.7. The molecule has 1 atom stereocenters. The lowest BCUT2D eigenvalue weighted by atomic mass is 9.83. The Bertz CT molecular complexity index is 1890. The summed E-state index contributed by atoms with van der Waals surface area (Å²) in [5.74, 6) is 0.420. The molecule has 4 aromatic rings. The Morgan fingerprint density at radius 3 is 2.43 bits per heavy atom. The smallest absolute Gasteiger partial charge is 0.336 e. The van der Waals surface area contributed by atoms with Gasteiger partial charge in [0.15, 0.2) is 11.5 Å². The van der Waals surface area contributed by atoms with Crippen molar-refractivity contribution in [3.63, 3.8) is 0 Å². The molecule has 1 unspecified atom stereocenters. The number of esters is 1. The largest absolute Gasteiger partial charge is 0.493 e. The molecule has 2 N–H and O–H groups in total. The van der Waals surface area contributed by atoms with Gasteiger partial charge in [-0.05, 0) is 58.5 Å². The lowest BCUT2D eigenvalue weighted by Crippen LogP contribution is -2.21. The maximum atomic E-state index is 12.6. The summed E-state index contributed by atoms with van der Waals surface area (Å²) in [7, 11) is 1.53. The predicted molar refractivity (Wildman–Crippen MR) is 179 cm³/mol. The molecule has 0 radical (unpaired) electrons. The molecule has 7 nitrogen and oxygen atoms in total. The Labute approximate surface area is 278 Å². The number of methoxy groups -OCH3 is 1. The van der Waals surface area contributed by atoms with Crippen molar-refractivity contribution < 1.29 is 23.7 Å². The number of carbonyl (C=O) groups is 1. The highest BCUT2D eigenvalue weighted by molar-refractivity contribution is 6.35. The van der Waals surface area contributed by atoms with Gasteiger partial charge < -0.3 is 24.7 Å². The van der Waals surface area contributed by atoms with Crippen molar-refractivity contribution in [1.29, 1.82) is 5.26 Å².